The molecule has 0 heterocycles. The lowest BCUT2D eigenvalue weighted by Crippen LogP contribution is -2.27. The van der Waals surface area contributed by atoms with Crippen LogP contribution < -0.4 is 0 Å². The quantitative estimate of drug-likeness (QED) is 0.906. The van der Waals surface area contributed by atoms with Crippen LogP contribution in [0.1, 0.15) is 30.4 Å². The summed E-state index contributed by atoms with van der Waals surface area (Å²) >= 11 is 0. The first-order valence-electron chi connectivity index (χ1n) is 6.42. The summed E-state index contributed by atoms with van der Waals surface area (Å²) in [5.74, 6) is -0.812. The van der Waals surface area contributed by atoms with Crippen molar-refractivity contribution in [2.75, 3.05) is 0 Å². The number of benzene rings is 1. The molecule has 1 aromatic carbocycles. The lowest BCUT2D eigenvalue weighted by atomic mass is 10.1. The Morgan fingerprint density at radius 1 is 1.28 bits per heavy atom. The Morgan fingerprint density at radius 3 is 2.67 bits per heavy atom. The Kier molecular flexibility index (Phi) is 2.98. The lowest BCUT2D eigenvalue weighted by Gasteiger charge is -2.12. The highest BCUT2D eigenvalue weighted by atomic mass is 32.2. The topological polar surface area (TPSA) is 54.4 Å². The van der Waals surface area contributed by atoms with Crippen molar-refractivity contribution in [3.8, 4) is 0 Å². The first kappa shape index (κ1) is 11.9. The van der Waals surface area contributed by atoms with Crippen molar-refractivity contribution in [3.05, 3.63) is 29.3 Å². The Balaban J connectivity index is 1.89. The van der Waals surface area contributed by atoms with E-state index in [9.17, 15) is 14.1 Å². The molecule has 1 fully saturated rings. The maximum atomic E-state index is 12.4. The van der Waals surface area contributed by atoms with Crippen LogP contribution in [0.2, 0.25) is 0 Å². The van der Waals surface area contributed by atoms with E-state index in [0.717, 1.165) is 32.1 Å². The van der Waals surface area contributed by atoms with E-state index in [1.165, 1.54) is 11.1 Å². The van der Waals surface area contributed by atoms with Gasteiger partial charge in [0.1, 0.15) is 5.25 Å². The summed E-state index contributed by atoms with van der Waals surface area (Å²) in [7, 11) is -1.41. The van der Waals surface area contributed by atoms with Gasteiger partial charge >= 0.3 is 5.97 Å². The van der Waals surface area contributed by atoms with E-state index in [1.807, 2.05) is 18.2 Å². The zero-order chi connectivity index (χ0) is 12.7. The van der Waals surface area contributed by atoms with Gasteiger partial charge in [0.05, 0.1) is 10.8 Å². The molecule has 1 saturated carbocycles. The minimum atomic E-state index is -1.41. The average Bonchev–Trinajstić information content (AvgIpc) is 3.05. The summed E-state index contributed by atoms with van der Waals surface area (Å²) in [6.07, 6.45) is 5.06. The van der Waals surface area contributed by atoms with Crippen LogP contribution in [0.4, 0.5) is 0 Å². The Bertz CT molecular complexity index is 520. The average molecular weight is 264 g/mol. The number of hydrogen-bond acceptors (Lipinski definition) is 2. The maximum Gasteiger partial charge on any atom is 0.319 e. The van der Waals surface area contributed by atoms with Crippen LogP contribution in [-0.4, -0.2) is 20.5 Å². The molecule has 3 nitrogen and oxygen atoms in total. The van der Waals surface area contributed by atoms with Gasteiger partial charge in [0.2, 0.25) is 0 Å². The minimum absolute atomic E-state index is 0.108. The fourth-order valence-corrected chi connectivity index (χ4v) is 4.25. The summed E-state index contributed by atoms with van der Waals surface area (Å²) in [4.78, 5) is 11.9. The van der Waals surface area contributed by atoms with E-state index in [2.05, 4.69) is 0 Å². The zero-order valence-corrected chi connectivity index (χ0v) is 10.9. The third kappa shape index (κ3) is 2.09. The van der Waals surface area contributed by atoms with E-state index in [4.69, 9.17) is 0 Å². The number of carboxylic acids is 1. The molecule has 4 heteroatoms. The summed E-state index contributed by atoms with van der Waals surface area (Å²) in [6.45, 7) is 0. The standard InChI is InChI=1S/C14H16O3S/c15-14(16)13(10-4-5-10)18(17)12-7-6-9-2-1-3-11(9)8-12/h6-8,10,13H,1-5H2,(H,15,16). The highest BCUT2D eigenvalue weighted by molar-refractivity contribution is 7.86. The van der Waals surface area contributed by atoms with Gasteiger partial charge in [-0.05, 0) is 61.3 Å². The van der Waals surface area contributed by atoms with Crippen LogP contribution in [0.25, 0.3) is 0 Å². The van der Waals surface area contributed by atoms with E-state index >= 15 is 0 Å². The van der Waals surface area contributed by atoms with Crippen LogP contribution in [0, 0.1) is 5.92 Å². The summed E-state index contributed by atoms with van der Waals surface area (Å²) in [5.41, 5.74) is 2.58. The first-order valence-corrected chi connectivity index (χ1v) is 7.63. The molecule has 2 aliphatic rings. The van der Waals surface area contributed by atoms with Crippen molar-refractivity contribution in [1.82, 2.24) is 0 Å². The van der Waals surface area contributed by atoms with Crippen LogP contribution >= 0.6 is 0 Å². The van der Waals surface area contributed by atoms with Gasteiger partial charge in [0.15, 0.2) is 0 Å². The van der Waals surface area contributed by atoms with Crippen LogP contribution in [-0.2, 0) is 28.4 Å². The number of fused-ring (bicyclic) bond motifs is 1. The SMILES string of the molecule is O=C(O)C(C1CC1)S(=O)c1ccc2c(c1)CCC2. The van der Waals surface area contributed by atoms with Gasteiger partial charge in [-0.2, -0.15) is 0 Å². The van der Waals surface area contributed by atoms with Gasteiger partial charge < -0.3 is 5.11 Å². The predicted molar refractivity (Wildman–Crippen MR) is 69.0 cm³/mol. The predicted octanol–water partition coefficient (Wildman–Crippen LogP) is 2.15. The third-order valence-corrected chi connectivity index (χ3v) is 5.59. The van der Waals surface area contributed by atoms with Crippen LogP contribution in [0.15, 0.2) is 23.1 Å². The van der Waals surface area contributed by atoms with Gasteiger partial charge in [-0.1, -0.05) is 6.07 Å². The number of aliphatic carboxylic acids is 1. The summed E-state index contributed by atoms with van der Waals surface area (Å²) in [6, 6.07) is 5.82. The molecule has 2 unspecified atom stereocenters. The van der Waals surface area contributed by atoms with Crippen molar-refractivity contribution < 1.29 is 14.1 Å². The molecule has 0 amide bonds. The number of rotatable bonds is 4. The summed E-state index contributed by atoms with van der Waals surface area (Å²) in [5, 5.41) is 8.50. The van der Waals surface area contributed by atoms with Gasteiger partial charge in [-0.15, -0.1) is 0 Å². The molecule has 0 aliphatic heterocycles. The highest BCUT2D eigenvalue weighted by Gasteiger charge is 2.41. The fourth-order valence-electron chi connectivity index (χ4n) is 2.69. The van der Waals surface area contributed by atoms with E-state index in [-0.39, 0.29) is 5.92 Å². The van der Waals surface area contributed by atoms with Crippen molar-refractivity contribution in [2.45, 2.75) is 42.2 Å². The van der Waals surface area contributed by atoms with Crippen LogP contribution in [0.3, 0.4) is 0 Å². The van der Waals surface area contributed by atoms with Crippen molar-refractivity contribution in [1.29, 1.82) is 0 Å². The molecule has 3 rings (SSSR count). The second kappa shape index (κ2) is 4.50. The largest absolute Gasteiger partial charge is 0.480 e. The molecule has 18 heavy (non-hydrogen) atoms. The summed E-state index contributed by atoms with van der Waals surface area (Å²) < 4.78 is 12.4. The Morgan fingerprint density at radius 2 is 2.00 bits per heavy atom. The molecule has 1 N–H and O–H groups in total. The molecule has 2 atom stereocenters. The van der Waals surface area contributed by atoms with E-state index < -0.39 is 22.0 Å². The van der Waals surface area contributed by atoms with Gasteiger partial charge in [0.25, 0.3) is 0 Å². The Labute approximate surface area is 109 Å². The number of carboxylic acid groups (broad SMARTS) is 1. The maximum absolute atomic E-state index is 12.4. The second-order valence-corrected chi connectivity index (χ2v) is 6.75. The third-order valence-electron chi connectivity index (χ3n) is 3.83. The molecule has 1 aromatic rings. The monoisotopic (exact) mass is 264 g/mol. The fraction of sp³-hybridized carbons (Fsp3) is 0.500. The smallest absolute Gasteiger partial charge is 0.319 e. The van der Waals surface area contributed by atoms with Gasteiger partial charge in [-0.25, -0.2) is 0 Å². The van der Waals surface area contributed by atoms with E-state index in [0.29, 0.717) is 4.90 Å². The minimum Gasteiger partial charge on any atom is -0.480 e. The molecular weight excluding hydrogens is 248 g/mol. The van der Waals surface area contributed by atoms with Crippen molar-refractivity contribution in [2.24, 2.45) is 5.92 Å². The molecule has 0 bridgehead atoms. The molecule has 96 valence electrons. The van der Waals surface area contributed by atoms with Crippen LogP contribution in [0.5, 0.6) is 0 Å². The Hall–Kier alpha value is -1.16. The normalized spacial score (nSPS) is 21.3. The molecule has 0 radical (unpaired) electrons. The number of aryl methyl sites for hydroxylation is 2. The molecule has 2 aliphatic carbocycles. The molecule has 0 spiro atoms. The van der Waals surface area contributed by atoms with Gasteiger partial charge in [-0.3, -0.25) is 9.00 Å². The molecule has 0 saturated heterocycles. The van der Waals surface area contributed by atoms with Crippen molar-refractivity contribution >= 4 is 16.8 Å². The number of carbonyl (C=O) groups is 1. The van der Waals surface area contributed by atoms with Crippen molar-refractivity contribution in [3.63, 3.8) is 0 Å². The zero-order valence-electron chi connectivity index (χ0n) is 10.1. The van der Waals surface area contributed by atoms with Gasteiger partial charge in [0, 0.05) is 4.90 Å². The number of hydrogen-bond donors (Lipinski definition) is 1. The van der Waals surface area contributed by atoms with E-state index in [1.54, 1.807) is 0 Å². The molecular formula is C14H16O3S. The highest BCUT2D eigenvalue weighted by Crippen LogP contribution is 2.37. The lowest BCUT2D eigenvalue weighted by molar-refractivity contribution is -0.136. The first-order chi connectivity index (χ1) is 8.66. The molecule has 0 aromatic heterocycles. The second-order valence-electron chi connectivity index (χ2n) is 5.18.